The van der Waals surface area contributed by atoms with Gasteiger partial charge in [-0.05, 0) is 23.8 Å². The number of fused-ring (bicyclic) bond motifs is 1. The van der Waals surface area contributed by atoms with Crippen molar-refractivity contribution in [3.05, 3.63) is 59.7 Å². The maximum atomic E-state index is 12.2. The van der Waals surface area contributed by atoms with Crippen LogP contribution in [0.25, 0.3) is 6.08 Å². The number of hydrogen-bond donors (Lipinski definition) is 0. The first-order valence-corrected chi connectivity index (χ1v) is 7.64. The van der Waals surface area contributed by atoms with Crippen LogP contribution >= 0.6 is 0 Å². The third kappa shape index (κ3) is 3.68. The highest BCUT2D eigenvalue weighted by Crippen LogP contribution is 2.40. The molecule has 0 amide bonds. The molecule has 0 unspecified atom stereocenters. The molecule has 1 aliphatic heterocycles. The van der Waals surface area contributed by atoms with E-state index in [-0.39, 0.29) is 6.61 Å². The fourth-order valence-electron chi connectivity index (χ4n) is 2.35. The predicted octanol–water partition coefficient (Wildman–Crippen LogP) is 3.34. The van der Waals surface area contributed by atoms with E-state index in [1.54, 1.807) is 18.2 Å². The Labute approximate surface area is 140 Å². The standard InChI is InChI=1S/C19H18O5/c1-21-16-12-15(13-17-18(16)23-11-10-22-17)19(20)24-9-5-8-14-6-3-2-4-7-14/h2-8,12-13H,9-11H2,1H3/b8-5+. The first-order chi connectivity index (χ1) is 11.8. The Morgan fingerprint density at radius 3 is 2.75 bits per heavy atom. The Hall–Kier alpha value is -2.95. The van der Waals surface area contributed by atoms with Crippen molar-refractivity contribution in [1.29, 1.82) is 0 Å². The molecule has 0 aromatic heterocycles. The van der Waals surface area contributed by atoms with Crippen LogP contribution in [0.15, 0.2) is 48.5 Å². The second-order valence-electron chi connectivity index (χ2n) is 5.11. The van der Waals surface area contributed by atoms with Crippen molar-refractivity contribution >= 4 is 12.0 Å². The molecule has 5 nitrogen and oxygen atoms in total. The highest BCUT2D eigenvalue weighted by Gasteiger charge is 2.21. The van der Waals surface area contributed by atoms with Crippen LogP contribution in [0.1, 0.15) is 15.9 Å². The summed E-state index contributed by atoms with van der Waals surface area (Å²) in [6.45, 7) is 1.08. The van der Waals surface area contributed by atoms with Crippen molar-refractivity contribution in [2.75, 3.05) is 26.9 Å². The molecule has 2 aromatic carbocycles. The molecular formula is C19H18O5. The minimum atomic E-state index is -0.442. The van der Waals surface area contributed by atoms with Crippen LogP contribution in [-0.2, 0) is 4.74 Å². The Bertz CT molecular complexity index is 720. The molecule has 0 N–H and O–H groups in total. The Morgan fingerprint density at radius 2 is 1.96 bits per heavy atom. The van der Waals surface area contributed by atoms with Gasteiger partial charge in [0.2, 0.25) is 5.75 Å². The molecule has 0 radical (unpaired) electrons. The van der Waals surface area contributed by atoms with Crippen molar-refractivity contribution in [2.24, 2.45) is 0 Å². The van der Waals surface area contributed by atoms with E-state index in [9.17, 15) is 4.79 Å². The molecule has 0 fully saturated rings. The number of benzene rings is 2. The van der Waals surface area contributed by atoms with Gasteiger partial charge in [-0.2, -0.15) is 0 Å². The maximum Gasteiger partial charge on any atom is 0.338 e. The van der Waals surface area contributed by atoms with E-state index in [4.69, 9.17) is 18.9 Å². The molecule has 1 aliphatic rings. The first kappa shape index (κ1) is 15.9. The minimum absolute atomic E-state index is 0.185. The van der Waals surface area contributed by atoms with Crippen molar-refractivity contribution in [3.63, 3.8) is 0 Å². The van der Waals surface area contributed by atoms with E-state index in [0.717, 1.165) is 5.56 Å². The number of ether oxygens (including phenoxy) is 4. The molecule has 2 aromatic rings. The lowest BCUT2D eigenvalue weighted by Crippen LogP contribution is -2.17. The van der Waals surface area contributed by atoms with E-state index in [2.05, 4.69) is 0 Å². The predicted molar refractivity (Wildman–Crippen MR) is 89.7 cm³/mol. The lowest BCUT2D eigenvalue weighted by Gasteiger charge is -2.21. The molecular weight excluding hydrogens is 308 g/mol. The van der Waals surface area contributed by atoms with E-state index < -0.39 is 5.97 Å². The van der Waals surface area contributed by atoms with Gasteiger partial charge in [0.1, 0.15) is 19.8 Å². The highest BCUT2D eigenvalue weighted by atomic mass is 16.6. The quantitative estimate of drug-likeness (QED) is 0.789. The molecule has 0 saturated heterocycles. The summed E-state index contributed by atoms with van der Waals surface area (Å²) in [6, 6.07) is 13.0. The SMILES string of the molecule is COc1cc(C(=O)OC/C=C/c2ccccc2)cc2c1OCCO2. The normalized spacial score (nSPS) is 12.9. The number of carbonyl (C=O) groups excluding carboxylic acids is 1. The molecule has 0 bridgehead atoms. The fourth-order valence-corrected chi connectivity index (χ4v) is 2.35. The Kier molecular flexibility index (Phi) is 5.01. The molecule has 0 saturated carbocycles. The third-order valence-corrected chi connectivity index (χ3v) is 3.48. The first-order valence-electron chi connectivity index (χ1n) is 7.64. The maximum absolute atomic E-state index is 12.2. The van der Waals surface area contributed by atoms with Crippen LogP contribution in [0.3, 0.4) is 0 Å². The minimum Gasteiger partial charge on any atom is -0.493 e. The average Bonchev–Trinajstić information content (AvgIpc) is 2.65. The largest absolute Gasteiger partial charge is 0.493 e. The van der Waals surface area contributed by atoms with E-state index in [0.29, 0.717) is 36.0 Å². The van der Waals surface area contributed by atoms with Crippen molar-refractivity contribution in [3.8, 4) is 17.2 Å². The zero-order valence-electron chi connectivity index (χ0n) is 13.4. The molecule has 3 rings (SSSR count). The second kappa shape index (κ2) is 7.55. The van der Waals surface area contributed by atoms with E-state index >= 15 is 0 Å². The molecule has 0 atom stereocenters. The van der Waals surface area contributed by atoms with Gasteiger partial charge in [-0.25, -0.2) is 4.79 Å². The van der Waals surface area contributed by atoms with Crippen molar-refractivity contribution in [1.82, 2.24) is 0 Å². The Morgan fingerprint density at radius 1 is 1.17 bits per heavy atom. The van der Waals surface area contributed by atoms with Gasteiger partial charge in [-0.15, -0.1) is 0 Å². The number of methoxy groups -OCH3 is 1. The third-order valence-electron chi connectivity index (χ3n) is 3.48. The summed E-state index contributed by atoms with van der Waals surface area (Å²) in [7, 11) is 1.52. The lowest BCUT2D eigenvalue weighted by atomic mass is 10.1. The molecule has 124 valence electrons. The van der Waals surface area contributed by atoms with Crippen molar-refractivity contribution < 1.29 is 23.7 Å². The zero-order chi connectivity index (χ0) is 16.8. The van der Waals surface area contributed by atoms with Gasteiger partial charge >= 0.3 is 5.97 Å². The summed E-state index contributed by atoms with van der Waals surface area (Å²) in [6.07, 6.45) is 3.69. The smallest absolute Gasteiger partial charge is 0.338 e. The number of carbonyl (C=O) groups is 1. The van der Waals surface area contributed by atoms with Crippen LogP contribution < -0.4 is 14.2 Å². The van der Waals surface area contributed by atoms with Gasteiger partial charge in [0.05, 0.1) is 12.7 Å². The number of hydrogen-bond acceptors (Lipinski definition) is 5. The summed E-state index contributed by atoms with van der Waals surface area (Å²) in [4.78, 5) is 12.2. The summed E-state index contributed by atoms with van der Waals surface area (Å²) in [5, 5.41) is 0. The molecule has 0 spiro atoms. The molecule has 24 heavy (non-hydrogen) atoms. The second-order valence-corrected chi connectivity index (χ2v) is 5.11. The van der Waals surface area contributed by atoms with E-state index in [1.807, 2.05) is 36.4 Å². The topological polar surface area (TPSA) is 54.0 Å². The van der Waals surface area contributed by atoms with Crippen LogP contribution in [0, 0.1) is 0 Å². The highest BCUT2D eigenvalue weighted by molar-refractivity contribution is 5.91. The molecule has 0 aliphatic carbocycles. The number of esters is 1. The van der Waals surface area contributed by atoms with Gasteiger partial charge in [-0.3, -0.25) is 0 Å². The fraction of sp³-hybridized carbons (Fsp3) is 0.211. The van der Waals surface area contributed by atoms with Gasteiger partial charge in [0.25, 0.3) is 0 Å². The van der Waals surface area contributed by atoms with E-state index in [1.165, 1.54) is 7.11 Å². The monoisotopic (exact) mass is 326 g/mol. The van der Waals surface area contributed by atoms with Crippen LogP contribution in [0.5, 0.6) is 17.2 Å². The molecule has 5 heteroatoms. The zero-order valence-corrected chi connectivity index (χ0v) is 13.4. The van der Waals surface area contributed by atoms with Gasteiger partial charge in [-0.1, -0.05) is 36.4 Å². The van der Waals surface area contributed by atoms with Crippen LogP contribution in [0.4, 0.5) is 0 Å². The van der Waals surface area contributed by atoms with Gasteiger partial charge < -0.3 is 18.9 Å². The van der Waals surface area contributed by atoms with Crippen molar-refractivity contribution in [2.45, 2.75) is 0 Å². The molecule has 1 heterocycles. The lowest BCUT2D eigenvalue weighted by molar-refractivity contribution is 0.0548. The van der Waals surface area contributed by atoms with Gasteiger partial charge in [0.15, 0.2) is 11.5 Å². The number of rotatable bonds is 5. The van der Waals surface area contributed by atoms with Gasteiger partial charge in [0, 0.05) is 0 Å². The Balaban J connectivity index is 1.65. The van der Waals surface area contributed by atoms with Crippen LogP contribution in [-0.4, -0.2) is 32.9 Å². The average molecular weight is 326 g/mol. The summed E-state index contributed by atoms with van der Waals surface area (Å²) in [5.41, 5.74) is 1.42. The summed E-state index contributed by atoms with van der Waals surface area (Å²) < 4.78 is 21.6. The summed E-state index contributed by atoms with van der Waals surface area (Å²) >= 11 is 0. The summed E-state index contributed by atoms with van der Waals surface area (Å²) in [5.74, 6) is 1.03. The van der Waals surface area contributed by atoms with Crippen LogP contribution in [0.2, 0.25) is 0 Å².